The minimum absolute atomic E-state index is 0.425. The largest absolute Gasteiger partial charge is 0.330 e. The van der Waals surface area contributed by atoms with Gasteiger partial charge in [-0.3, -0.25) is 0 Å². The lowest BCUT2D eigenvalue weighted by Gasteiger charge is -2.10. The van der Waals surface area contributed by atoms with E-state index >= 15 is 0 Å². The molecular weight excluding hydrogens is 164 g/mol. The highest BCUT2D eigenvalue weighted by atomic mass is 15.0. The fourth-order valence-electron chi connectivity index (χ4n) is 1.04. The van der Waals surface area contributed by atoms with E-state index in [-0.39, 0.29) is 0 Å². The molecule has 0 radical (unpaired) electrons. The third-order valence-electron chi connectivity index (χ3n) is 1.83. The molecule has 0 aliphatic carbocycles. The smallest absolute Gasteiger partial charge is 0.141 e. The molecule has 0 saturated heterocycles. The van der Waals surface area contributed by atoms with E-state index in [4.69, 9.17) is 5.73 Å². The molecule has 0 amide bonds. The van der Waals surface area contributed by atoms with E-state index in [0.717, 1.165) is 12.2 Å². The van der Waals surface area contributed by atoms with Gasteiger partial charge in [0.1, 0.15) is 5.82 Å². The number of rotatable bonds is 5. The van der Waals surface area contributed by atoms with E-state index < -0.39 is 0 Å². The summed E-state index contributed by atoms with van der Waals surface area (Å²) in [5.41, 5.74) is 5.43. The number of hydrogen-bond donors (Lipinski definition) is 2. The highest BCUT2D eigenvalue weighted by molar-refractivity contribution is 4.88. The van der Waals surface area contributed by atoms with Crippen molar-refractivity contribution >= 4 is 0 Å². The highest BCUT2D eigenvalue weighted by Crippen LogP contribution is 1.91. The number of nitrogens with two attached hydrogens (primary N) is 1. The van der Waals surface area contributed by atoms with Crippen LogP contribution in [0, 0.1) is 0 Å². The van der Waals surface area contributed by atoms with E-state index in [2.05, 4.69) is 22.2 Å². The van der Waals surface area contributed by atoms with Crippen LogP contribution in [0.15, 0.2) is 18.5 Å². The molecule has 0 aliphatic rings. The maximum Gasteiger partial charge on any atom is 0.141 e. The molecule has 0 aromatic carbocycles. The van der Waals surface area contributed by atoms with Gasteiger partial charge < -0.3 is 11.1 Å². The van der Waals surface area contributed by atoms with Crippen molar-refractivity contribution in [3.63, 3.8) is 0 Å². The lowest BCUT2D eigenvalue weighted by molar-refractivity contribution is 0.510. The molecule has 1 rings (SSSR count). The average Bonchev–Trinajstić information content (AvgIpc) is 2.17. The predicted molar refractivity (Wildman–Crippen MR) is 52.0 cm³/mol. The van der Waals surface area contributed by atoms with Crippen molar-refractivity contribution in [3.05, 3.63) is 24.3 Å². The third-order valence-corrected chi connectivity index (χ3v) is 1.83. The summed E-state index contributed by atoms with van der Waals surface area (Å²) in [5.74, 6) is 0.825. The second-order valence-corrected chi connectivity index (χ2v) is 3.02. The van der Waals surface area contributed by atoms with Crippen molar-refractivity contribution in [3.8, 4) is 0 Å². The molecule has 0 bridgehead atoms. The molecule has 1 aromatic rings. The van der Waals surface area contributed by atoms with Crippen LogP contribution in [0.1, 0.15) is 19.2 Å². The number of aromatic nitrogens is 2. The molecule has 0 fully saturated rings. The molecule has 4 nitrogen and oxygen atoms in total. The van der Waals surface area contributed by atoms with Crippen molar-refractivity contribution in [2.45, 2.75) is 25.9 Å². The van der Waals surface area contributed by atoms with Gasteiger partial charge in [-0.25, -0.2) is 9.97 Å². The van der Waals surface area contributed by atoms with Crippen LogP contribution in [-0.2, 0) is 6.54 Å². The number of hydrogen-bond acceptors (Lipinski definition) is 4. The van der Waals surface area contributed by atoms with Crippen LogP contribution in [0.2, 0.25) is 0 Å². The van der Waals surface area contributed by atoms with Crippen LogP contribution >= 0.6 is 0 Å². The Morgan fingerprint density at radius 1 is 1.46 bits per heavy atom. The van der Waals surface area contributed by atoms with Crippen LogP contribution in [-0.4, -0.2) is 22.6 Å². The molecule has 3 N–H and O–H groups in total. The minimum Gasteiger partial charge on any atom is -0.330 e. The second kappa shape index (κ2) is 5.61. The van der Waals surface area contributed by atoms with Gasteiger partial charge in [-0.1, -0.05) is 0 Å². The Hall–Kier alpha value is -1.00. The Labute approximate surface area is 78.6 Å². The summed E-state index contributed by atoms with van der Waals surface area (Å²) in [6, 6.07) is 2.24. The van der Waals surface area contributed by atoms with E-state index in [0.29, 0.717) is 19.1 Å². The summed E-state index contributed by atoms with van der Waals surface area (Å²) in [4.78, 5) is 8.21. The van der Waals surface area contributed by atoms with Gasteiger partial charge in [-0.05, 0) is 26.0 Å². The van der Waals surface area contributed by atoms with Gasteiger partial charge in [0.25, 0.3) is 0 Å². The normalized spacial score (nSPS) is 12.8. The summed E-state index contributed by atoms with van der Waals surface area (Å²) < 4.78 is 0. The lowest BCUT2D eigenvalue weighted by Crippen LogP contribution is -2.28. The maximum atomic E-state index is 5.43. The van der Waals surface area contributed by atoms with Crippen molar-refractivity contribution in [2.24, 2.45) is 5.73 Å². The quantitative estimate of drug-likeness (QED) is 0.684. The highest BCUT2D eigenvalue weighted by Gasteiger charge is 2.00. The van der Waals surface area contributed by atoms with Gasteiger partial charge in [0.05, 0.1) is 6.54 Å². The fourth-order valence-corrected chi connectivity index (χ4v) is 1.04. The molecule has 1 unspecified atom stereocenters. The first kappa shape index (κ1) is 10.1. The van der Waals surface area contributed by atoms with Crippen molar-refractivity contribution < 1.29 is 0 Å². The Balaban J connectivity index is 2.27. The molecule has 1 aromatic heterocycles. The molecule has 0 saturated carbocycles. The van der Waals surface area contributed by atoms with Crippen LogP contribution < -0.4 is 11.1 Å². The molecule has 13 heavy (non-hydrogen) atoms. The summed E-state index contributed by atoms with van der Waals surface area (Å²) in [5, 5.41) is 3.29. The van der Waals surface area contributed by atoms with Crippen molar-refractivity contribution in [1.29, 1.82) is 0 Å². The molecular formula is C9H16N4. The molecule has 72 valence electrons. The summed E-state index contributed by atoms with van der Waals surface area (Å²) in [6.45, 7) is 3.53. The first-order valence-electron chi connectivity index (χ1n) is 4.52. The predicted octanol–water partition coefficient (Wildman–Crippen LogP) is 0.303. The zero-order valence-electron chi connectivity index (χ0n) is 7.90. The molecule has 0 spiro atoms. The van der Waals surface area contributed by atoms with E-state index in [1.807, 2.05) is 6.07 Å². The van der Waals surface area contributed by atoms with Gasteiger partial charge in [-0.15, -0.1) is 0 Å². The maximum absolute atomic E-state index is 5.43. The fraction of sp³-hybridized carbons (Fsp3) is 0.556. The monoisotopic (exact) mass is 180 g/mol. The van der Waals surface area contributed by atoms with Crippen LogP contribution in [0.25, 0.3) is 0 Å². The van der Waals surface area contributed by atoms with Crippen LogP contribution in [0.3, 0.4) is 0 Å². The second-order valence-electron chi connectivity index (χ2n) is 3.02. The van der Waals surface area contributed by atoms with Gasteiger partial charge >= 0.3 is 0 Å². The van der Waals surface area contributed by atoms with Crippen LogP contribution in [0.4, 0.5) is 0 Å². The van der Waals surface area contributed by atoms with Gasteiger partial charge in [0.15, 0.2) is 0 Å². The summed E-state index contributed by atoms with van der Waals surface area (Å²) in [7, 11) is 0. The van der Waals surface area contributed by atoms with Gasteiger partial charge in [0, 0.05) is 18.4 Å². The molecule has 0 aliphatic heterocycles. The van der Waals surface area contributed by atoms with Crippen molar-refractivity contribution in [1.82, 2.24) is 15.3 Å². The van der Waals surface area contributed by atoms with Gasteiger partial charge in [0.2, 0.25) is 0 Å². The molecule has 1 atom stereocenters. The standard InChI is InChI=1S/C9H16N4/c1-8(3-4-10)13-7-9-11-5-2-6-12-9/h2,5-6,8,13H,3-4,7,10H2,1H3. The SMILES string of the molecule is CC(CCN)NCc1ncccn1. The topological polar surface area (TPSA) is 63.8 Å². The Morgan fingerprint density at radius 2 is 2.15 bits per heavy atom. The van der Waals surface area contributed by atoms with Gasteiger partial charge in [-0.2, -0.15) is 0 Å². The Bertz CT molecular complexity index is 224. The van der Waals surface area contributed by atoms with E-state index in [1.165, 1.54) is 0 Å². The average molecular weight is 180 g/mol. The van der Waals surface area contributed by atoms with Crippen LogP contribution in [0.5, 0.6) is 0 Å². The zero-order valence-corrected chi connectivity index (χ0v) is 7.90. The Kier molecular flexibility index (Phi) is 4.35. The van der Waals surface area contributed by atoms with Crippen molar-refractivity contribution in [2.75, 3.05) is 6.54 Å². The third kappa shape index (κ3) is 3.96. The summed E-state index contributed by atoms with van der Waals surface area (Å²) >= 11 is 0. The number of nitrogens with zero attached hydrogens (tertiary/aromatic N) is 2. The van der Waals surface area contributed by atoms with E-state index in [1.54, 1.807) is 12.4 Å². The zero-order chi connectivity index (χ0) is 9.52. The molecule has 1 heterocycles. The Morgan fingerprint density at radius 3 is 2.77 bits per heavy atom. The summed E-state index contributed by atoms with van der Waals surface area (Å²) in [6.07, 6.45) is 4.47. The first-order valence-corrected chi connectivity index (χ1v) is 4.52. The number of nitrogens with one attached hydrogen (secondary N) is 1. The molecule has 4 heteroatoms. The van der Waals surface area contributed by atoms with E-state index in [9.17, 15) is 0 Å². The lowest BCUT2D eigenvalue weighted by atomic mass is 10.2. The first-order chi connectivity index (χ1) is 6.33. The minimum atomic E-state index is 0.425.